The molecule has 0 radical (unpaired) electrons. The lowest BCUT2D eigenvalue weighted by Crippen LogP contribution is -2.51. The summed E-state index contributed by atoms with van der Waals surface area (Å²) >= 11 is 6.23. The van der Waals surface area contributed by atoms with Gasteiger partial charge in [0.25, 0.3) is 0 Å². The molecule has 4 rings (SSSR count). The van der Waals surface area contributed by atoms with Crippen LogP contribution in [0, 0.1) is 6.92 Å². The van der Waals surface area contributed by atoms with Crippen molar-refractivity contribution in [1.29, 1.82) is 0 Å². The molecule has 142 valence electrons. The number of piperazine rings is 1. The Morgan fingerprint density at radius 3 is 2.63 bits per heavy atom. The number of carbonyl (C=O) groups excluding carboxylic acids is 1. The molecule has 7 heteroatoms. The molecule has 2 aliphatic rings. The summed E-state index contributed by atoms with van der Waals surface area (Å²) in [5, 5.41) is 3.76. The molecule has 2 aromatic rings. The molecule has 0 saturated carbocycles. The van der Waals surface area contributed by atoms with E-state index in [-0.39, 0.29) is 12.8 Å². The maximum atomic E-state index is 12.5. The molecule has 1 saturated heterocycles. The number of anilines is 1. The van der Waals surface area contributed by atoms with Gasteiger partial charge in [-0.1, -0.05) is 23.7 Å². The van der Waals surface area contributed by atoms with E-state index < -0.39 is 0 Å². The van der Waals surface area contributed by atoms with Crippen LogP contribution >= 0.6 is 11.6 Å². The standard InChI is InChI=1S/C20H22ClN3O3/c1-14-2-4-16(11-17(14)21)23-6-8-24(9-7-23)20(25)22-12-15-3-5-18-19(10-15)27-13-26-18/h2-5,10-11H,6-9,12-13H2,1H3,(H,22,25). The first-order valence-electron chi connectivity index (χ1n) is 9.02. The van der Waals surface area contributed by atoms with E-state index in [0.29, 0.717) is 19.6 Å². The smallest absolute Gasteiger partial charge is 0.317 e. The van der Waals surface area contributed by atoms with E-state index in [1.165, 1.54) is 0 Å². The highest BCUT2D eigenvalue weighted by Crippen LogP contribution is 2.32. The molecule has 0 bridgehead atoms. The Morgan fingerprint density at radius 1 is 1.07 bits per heavy atom. The topological polar surface area (TPSA) is 54.0 Å². The van der Waals surface area contributed by atoms with Crippen molar-refractivity contribution in [2.24, 2.45) is 0 Å². The van der Waals surface area contributed by atoms with Gasteiger partial charge in [-0.05, 0) is 42.3 Å². The Balaban J connectivity index is 1.29. The van der Waals surface area contributed by atoms with Crippen LogP contribution in [0.25, 0.3) is 0 Å². The highest BCUT2D eigenvalue weighted by molar-refractivity contribution is 6.31. The Hall–Kier alpha value is -2.60. The number of ether oxygens (including phenoxy) is 2. The number of benzene rings is 2. The third-order valence-corrected chi connectivity index (χ3v) is 5.38. The number of aryl methyl sites for hydroxylation is 1. The van der Waals surface area contributed by atoms with E-state index in [0.717, 1.165) is 46.4 Å². The molecule has 1 N–H and O–H groups in total. The summed E-state index contributed by atoms with van der Waals surface area (Å²) in [5.41, 5.74) is 3.16. The molecule has 2 amide bonds. The number of hydrogen-bond donors (Lipinski definition) is 1. The van der Waals surface area contributed by atoms with Gasteiger partial charge in [-0.15, -0.1) is 0 Å². The third kappa shape index (κ3) is 3.90. The maximum absolute atomic E-state index is 12.5. The molecule has 0 aliphatic carbocycles. The van der Waals surface area contributed by atoms with Crippen molar-refractivity contribution in [3.05, 3.63) is 52.5 Å². The molecule has 2 aromatic carbocycles. The van der Waals surface area contributed by atoms with Crippen LogP contribution in [0.4, 0.5) is 10.5 Å². The van der Waals surface area contributed by atoms with Crippen LogP contribution in [0.5, 0.6) is 11.5 Å². The van der Waals surface area contributed by atoms with Gasteiger partial charge in [-0.2, -0.15) is 0 Å². The normalized spacial score (nSPS) is 15.8. The summed E-state index contributed by atoms with van der Waals surface area (Å²) in [6, 6.07) is 11.8. The summed E-state index contributed by atoms with van der Waals surface area (Å²) in [7, 11) is 0. The van der Waals surface area contributed by atoms with Crippen molar-refractivity contribution >= 4 is 23.3 Å². The number of fused-ring (bicyclic) bond motifs is 1. The number of halogens is 1. The van der Waals surface area contributed by atoms with E-state index >= 15 is 0 Å². The van der Waals surface area contributed by atoms with Crippen LogP contribution in [0.3, 0.4) is 0 Å². The molecule has 0 unspecified atom stereocenters. The fourth-order valence-electron chi connectivity index (χ4n) is 3.29. The zero-order valence-electron chi connectivity index (χ0n) is 15.2. The molecular weight excluding hydrogens is 366 g/mol. The van der Waals surface area contributed by atoms with Crippen LogP contribution in [0.1, 0.15) is 11.1 Å². The molecule has 0 spiro atoms. The monoisotopic (exact) mass is 387 g/mol. The molecule has 0 aromatic heterocycles. The lowest BCUT2D eigenvalue weighted by molar-refractivity contribution is 0.174. The Labute approximate surface area is 163 Å². The van der Waals surface area contributed by atoms with E-state index in [1.807, 2.05) is 42.2 Å². The minimum Gasteiger partial charge on any atom is -0.454 e. The predicted octanol–water partition coefficient (Wildman–Crippen LogP) is 3.41. The Morgan fingerprint density at radius 2 is 1.85 bits per heavy atom. The molecular formula is C20H22ClN3O3. The first-order chi connectivity index (χ1) is 13.1. The van der Waals surface area contributed by atoms with Crippen LogP contribution in [-0.4, -0.2) is 43.9 Å². The summed E-state index contributed by atoms with van der Waals surface area (Å²) in [4.78, 5) is 16.6. The zero-order valence-corrected chi connectivity index (χ0v) is 16.0. The van der Waals surface area contributed by atoms with Gasteiger partial charge in [-0.3, -0.25) is 0 Å². The van der Waals surface area contributed by atoms with Crippen molar-refractivity contribution in [3.8, 4) is 11.5 Å². The average molecular weight is 388 g/mol. The number of urea groups is 1. The second-order valence-electron chi connectivity index (χ2n) is 6.75. The molecule has 0 atom stereocenters. The summed E-state index contributed by atoms with van der Waals surface area (Å²) in [6.45, 7) is 5.64. The highest BCUT2D eigenvalue weighted by atomic mass is 35.5. The van der Waals surface area contributed by atoms with Gasteiger partial charge in [0.15, 0.2) is 11.5 Å². The van der Waals surface area contributed by atoms with Gasteiger partial charge in [0.1, 0.15) is 0 Å². The van der Waals surface area contributed by atoms with Gasteiger partial charge in [0.2, 0.25) is 6.79 Å². The van der Waals surface area contributed by atoms with Crippen LogP contribution < -0.4 is 19.7 Å². The maximum Gasteiger partial charge on any atom is 0.317 e. The van der Waals surface area contributed by atoms with E-state index in [9.17, 15) is 4.79 Å². The van der Waals surface area contributed by atoms with Crippen LogP contribution in [0.2, 0.25) is 5.02 Å². The molecule has 2 aliphatic heterocycles. The van der Waals surface area contributed by atoms with Gasteiger partial charge < -0.3 is 24.6 Å². The minimum atomic E-state index is -0.0470. The number of nitrogens with zero attached hydrogens (tertiary/aromatic N) is 2. The van der Waals surface area contributed by atoms with Crippen molar-refractivity contribution in [2.45, 2.75) is 13.5 Å². The Bertz CT molecular complexity index is 850. The van der Waals surface area contributed by atoms with Gasteiger partial charge >= 0.3 is 6.03 Å². The van der Waals surface area contributed by atoms with Crippen molar-refractivity contribution < 1.29 is 14.3 Å². The molecule has 2 heterocycles. The van der Waals surface area contributed by atoms with Crippen molar-refractivity contribution in [1.82, 2.24) is 10.2 Å². The minimum absolute atomic E-state index is 0.0470. The predicted molar refractivity (Wildman–Crippen MR) is 105 cm³/mol. The first-order valence-corrected chi connectivity index (χ1v) is 9.40. The number of nitrogens with one attached hydrogen (secondary N) is 1. The molecule has 6 nitrogen and oxygen atoms in total. The molecule has 1 fully saturated rings. The van der Waals surface area contributed by atoms with Crippen molar-refractivity contribution in [2.75, 3.05) is 37.9 Å². The highest BCUT2D eigenvalue weighted by Gasteiger charge is 2.21. The first kappa shape index (κ1) is 17.8. The van der Waals surface area contributed by atoms with Gasteiger partial charge in [0.05, 0.1) is 0 Å². The number of amides is 2. The van der Waals surface area contributed by atoms with Crippen molar-refractivity contribution in [3.63, 3.8) is 0 Å². The van der Waals surface area contributed by atoms with E-state index in [2.05, 4.69) is 16.3 Å². The third-order valence-electron chi connectivity index (χ3n) is 4.97. The van der Waals surface area contributed by atoms with E-state index in [4.69, 9.17) is 21.1 Å². The number of carbonyl (C=O) groups is 1. The number of rotatable bonds is 3. The van der Waals surface area contributed by atoms with Crippen LogP contribution in [0.15, 0.2) is 36.4 Å². The number of hydrogen-bond acceptors (Lipinski definition) is 4. The zero-order chi connectivity index (χ0) is 18.8. The summed E-state index contributed by atoms with van der Waals surface area (Å²) in [5.74, 6) is 1.48. The second-order valence-corrected chi connectivity index (χ2v) is 7.16. The quantitative estimate of drug-likeness (QED) is 0.876. The van der Waals surface area contributed by atoms with E-state index in [1.54, 1.807) is 0 Å². The molecule has 27 heavy (non-hydrogen) atoms. The average Bonchev–Trinajstić information content (AvgIpc) is 3.16. The fourth-order valence-corrected chi connectivity index (χ4v) is 3.46. The van der Waals surface area contributed by atoms with Crippen LogP contribution in [-0.2, 0) is 6.54 Å². The summed E-state index contributed by atoms with van der Waals surface area (Å²) < 4.78 is 10.7. The summed E-state index contributed by atoms with van der Waals surface area (Å²) in [6.07, 6.45) is 0. The van der Waals surface area contributed by atoms with Gasteiger partial charge in [-0.25, -0.2) is 4.79 Å². The fraction of sp³-hybridized carbons (Fsp3) is 0.350. The van der Waals surface area contributed by atoms with Gasteiger partial charge in [0, 0.05) is 43.4 Å². The lowest BCUT2D eigenvalue weighted by atomic mass is 10.2. The largest absolute Gasteiger partial charge is 0.454 e. The second kappa shape index (κ2) is 7.56. The lowest BCUT2D eigenvalue weighted by Gasteiger charge is -2.36. The SMILES string of the molecule is Cc1ccc(N2CCN(C(=O)NCc3ccc4c(c3)OCO4)CC2)cc1Cl. The Kier molecular flexibility index (Phi) is 4.99.